The van der Waals surface area contributed by atoms with Gasteiger partial charge in [-0.25, -0.2) is 0 Å². The smallest absolute Gasteiger partial charge is 0.115 e. The Hall–Kier alpha value is -2.00. The highest BCUT2D eigenvalue weighted by Gasteiger charge is 2.14. The number of hydrogen-bond donors (Lipinski definition) is 1. The molecule has 0 spiro atoms. The molecule has 0 aliphatic heterocycles. The molecule has 0 aliphatic carbocycles. The Labute approximate surface area is 135 Å². The molecule has 114 valence electrons. The zero-order chi connectivity index (χ0) is 15.5. The summed E-state index contributed by atoms with van der Waals surface area (Å²) in [5, 5.41) is 16.0. The number of halogens is 1. The maximum absolute atomic E-state index is 9.46. The fourth-order valence-corrected chi connectivity index (χ4v) is 2.97. The van der Waals surface area contributed by atoms with Gasteiger partial charge in [0.15, 0.2) is 0 Å². The van der Waals surface area contributed by atoms with E-state index in [1.54, 1.807) is 12.1 Å². The third-order valence-electron chi connectivity index (χ3n) is 3.83. The minimum Gasteiger partial charge on any atom is -0.508 e. The maximum Gasteiger partial charge on any atom is 0.115 e. The monoisotopic (exact) mass is 314 g/mol. The summed E-state index contributed by atoms with van der Waals surface area (Å²) >= 11 is 6.40. The van der Waals surface area contributed by atoms with Gasteiger partial charge in [-0.05, 0) is 36.8 Å². The van der Waals surface area contributed by atoms with Gasteiger partial charge >= 0.3 is 0 Å². The number of phenols is 1. The molecule has 0 aliphatic rings. The lowest BCUT2D eigenvalue weighted by Crippen LogP contribution is -2.00. The molecule has 4 heteroatoms. The van der Waals surface area contributed by atoms with Crippen LogP contribution in [0.2, 0.25) is 5.02 Å². The van der Waals surface area contributed by atoms with E-state index < -0.39 is 0 Å². The number of unbranched alkanes of at least 4 members (excludes halogenated alkanes) is 2. The van der Waals surface area contributed by atoms with Gasteiger partial charge in [-0.2, -0.15) is 5.10 Å². The van der Waals surface area contributed by atoms with Crippen molar-refractivity contribution in [2.24, 2.45) is 0 Å². The highest BCUT2D eigenvalue weighted by molar-refractivity contribution is 6.35. The van der Waals surface area contributed by atoms with E-state index >= 15 is 0 Å². The Morgan fingerprint density at radius 2 is 1.86 bits per heavy atom. The average molecular weight is 315 g/mol. The van der Waals surface area contributed by atoms with Crippen LogP contribution in [0, 0.1) is 0 Å². The lowest BCUT2D eigenvalue weighted by molar-refractivity contribution is 0.475. The van der Waals surface area contributed by atoms with Gasteiger partial charge in [-0.3, -0.25) is 4.68 Å². The lowest BCUT2D eigenvalue weighted by atomic mass is 10.1. The van der Waals surface area contributed by atoms with Crippen molar-refractivity contribution in [2.45, 2.75) is 32.7 Å². The molecule has 1 aromatic heterocycles. The number of hydrogen-bond acceptors (Lipinski definition) is 2. The standard InChI is InChI=1S/C18H19ClN2O/c1-2-3-4-12-21-18-15(6-5-7-16(18)19)17(20-21)13-8-10-14(22)11-9-13/h5-11,22H,2-4,12H2,1H3. The summed E-state index contributed by atoms with van der Waals surface area (Å²) in [4.78, 5) is 0. The van der Waals surface area contributed by atoms with Crippen LogP contribution in [0.1, 0.15) is 26.2 Å². The second-order valence-electron chi connectivity index (χ2n) is 5.46. The first-order valence-electron chi connectivity index (χ1n) is 7.65. The average Bonchev–Trinajstić information content (AvgIpc) is 2.89. The summed E-state index contributed by atoms with van der Waals surface area (Å²) in [5.41, 5.74) is 2.89. The van der Waals surface area contributed by atoms with E-state index in [9.17, 15) is 5.11 Å². The van der Waals surface area contributed by atoms with E-state index in [4.69, 9.17) is 16.7 Å². The zero-order valence-corrected chi connectivity index (χ0v) is 13.3. The van der Waals surface area contributed by atoms with E-state index in [0.29, 0.717) is 0 Å². The third kappa shape index (κ3) is 2.81. The molecular weight excluding hydrogens is 296 g/mol. The summed E-state index contributed by atoms with van der Waals surface area (Å²) in [6.07, 6.45) is 3.45. The van der Waals surface area contributed by atoms with Crippen molar-refractivity contribution >= 4 is 22.5 Å². The number of rotatable bonds is 5. The van der Waals surface area contributed by atoms with Crippen LogP contribution in [0.25, 0.3) is 22.2 Å². The fraction of sp³-hybridized carbons (Fsp3) is 0.278. The number of para-hydroxylation sites is 1. The van der Waals surface area contributed by atoms with Crippen molar-refractivity contribution in [2.75, 3.05) is 0 Å². The number of benzene rings is 2. The maximum atomic E-state index is 9.46. The first kappa shape index (κ1) is 14.9. The van der Waals surface area contributed by atoms with E-state index in [0.717, 1.165) is 40.1 Å². The first-order valence-corrected chi connectivity index (χ1v) is 8.03. The Morgan fingerprint density at radius 1 is 1.09 bits per heavy atom. The zero-order valence-electron chi connectivity index (χ0n) is 12.6. The van der Waals surface area contributed by atoms with Crippen molar-refractivity contribution in [3.8, 4) is 17.0 Å². The van der Waals surface area contributed by atoms with Crippen LogP contribution in [-0.4, -0.2) is 14.9 Å². The van der Waals surface area contributed by atoms with Gasteiger partial charge in [-0.15, -0.1) is 0 Å². The number of nitrogens with zero attached hydrogens (tertiary/aromatic N) is 2. The third-order valence-corrected chi connectivity index (χ3v) is 4.14. The van der Waals surface area contributed by atoms with E-state index in [1.165, 1.54) is 12.8 Å². The van der Waals surface area contributed by atoms with Gasteiger partial charge in [0.2, 0.25) is 0 Å². The summed E-state index contributed by atoms with van der Waals surface area (Å²) in [5.74, 6) is 0.258. The molecule has 1 heterocycles. The van der Waals surface area contributed by atoms with Crippen LogP contribution in [0.5, 0.6) is 5.75 Å². The van der Waals surface area contributed by atoms with Gasteiger partial charge < -0.3 is 5.11 Å². The van der Waals surface area contributed by atoms with Gasteiger partial charge in [-0.1, -0.05) is 43.5 Å². The van der Waals surface area contributed by atoms with Crippen LogP contribution in [0.3, 0.4) is 0 Å². The van der Waals surface area contributed by atoms with Gasteiger partial charge in [0.25, 0.3) is 0 Å². The highest BCUT2D eigenvalue weighted by atomic mass is 35.5. The topological polar surface area (TPSA) is 38.0 Å². The molecule has 2 aromatic carbocycles. The molecule has 22 heavy (non-hydrogen) atoms. The predicted octanol–water partition coefficient (Wildman–Crippen LogP) is 5.25. The first-order chi connectivity index (χ1) is 10.7. The molecule has 0 bridgehead atoms. The molecule has 0 unspecified atom stereocenters. The molecule has 0 atom stereocenters. The number of aromatic hydroxyl groups is 1. The minimum absolute atomic E-state index is 0.258. The minimum atomic E-state index is 0.258. The lowest BCUT2D eigenvalue weighted by Gasteiger charge is -2.03. The Kier molecular flexibility index (Phi) is 4.34. The van der Waals surface area contributed by atoms with Crippen molar-refractivity contribution in [1.29, 1.82) is 0 Å². The Balaban J connectivity index is 2.10. The molecule has 3 aromatic rings. The number of phenolic OH excluding ortho intramolecular Hbond substituents is 1. The van der Waals surface area contributed by atoms with Crippen LogP contribution in [0.15, 0.2) is 42.5 Å². The molecule has 1 N–H and O–H groups in total. The second kappa shape index (κ2) is 6.41. The fourth-order valence-electron chi connectivity index (χ4n) is 2.70. The molecule has 3 nitrogen and oxygen atoms in total. The van der Waals surface area contributed by atoms with Crippen molar-refractivity contribution in [3.63, 3.8) is 0 Å². The quantitative estimate of drug-likeness (QED) is 0.653. The molecule has 0 saturated heterocycles. The molecule has 0 amide bonds. The van der Waals surface area contributed by atoms with Crippen molar-refractivity contribution < 1.29 is 5.11 Å². The van der Waals surface area contributed by atoms with E-state index in [2.05, 4.69) is 6.92 Å². The largest absolute Gasteiger partial charge is 0.508 e. The number of aromatic nitrogens is 2. The van der Waals surface area contributed by atoms with E-state index in [1.807, 2.05) is 35.0 Å². The predicted molar refractivity (Wildman–Crippen MR) is 91.4 cm³/mol. The summed E-state index contributed by atoms with van der Waals surface area (Å²) < 4.78 is 2.01. The van der Waals surface area contributed by atoms with Crippen LogP contribution in [0.4, 0.5) is 0 Å². The summed E-state index contributed by atoms with van der Waals surface area (Å²) in [6.45, 7) is 3.06. The highest BCUT2D eigenvalue weighted by Crippen LogP contribution is 2.32. The molecular formula is C18H19ClN2O. The van der Waals surface area contributed by atoms with Crippen LogP contribution in [-0.2, 0) is 6.54 Å². The SMILES string of the molecule is CCCCCn1nc(-c2ccc(O)cc2)c2cccc(Cl)c21. The van der Waals surface area contributed by atoms with Crippen molar-refractivity contribution in [1.82, 2.24) is 9.78 Å². The van der Waals surface area contributed by atoms with Gasteiger partial charge in [0, 0.05) is 17.5 Å². The van der Waals surface area contributed by atoms with Gasteiger partial charge in [0.1, 0.15) is 11.4 Å². The number of aryl methyl sites for hydroxylation is 1. The summed E-state index contributed by atoms with van der Waals surface area (Å²) in [7, 11) is 0. The Morgan fingerprint density at radius 3 is 2.59 bits per heavy atom. The normalized spacial score (nSPS) is 11.2. The number of fused-ring (bicyclic) bond motifs is 1. The molecule has 3 rings (SSSR count). The van der Waals surface area contributed by atoms with Crippen LogP contribution >= 0.6 is 11.6 Å². The van der Waals surface area contributed by atoms with E-state index in [-0.39, 0.29) is 5.75 Å². The Bertz CT molecular complexity index is 778. The molecule has 0 saturated carbocycles. The van der Waals surface area contributed by atoms with Crippen LogP contribution < -0.4 is 0 Å². The molecule has 0 fully saturated rings. The summed E-state index contributed by atoms with van der Waals surface area (Å²) in [6, 6.07) is 13.0. The van der Waals surface area contributed by atoms with Crippen molar-refractivity contribution in [3.05, 3.63) is 47.5 Å². The van der Waals surface area contributed by atoms with Gasteiger partial charge in [0.05, 0.1) is 10.5 Å². The second-order valence-corrected chi connectivity index (χ2v) is 5.87. The molecule has 0 radical (unpaired) electrons.